The van der Waals surface area contributed by atoms with Crippen molar-refractivity contribution in [3.63, 3.8) is 0 Å². The van der Waals surface area contributed by atoms with Gasteiger partial charge in [0.1, 0.15) is 5.54 Å². The van der Waals surface area contributed by atoms with Crippen LogP contribution in [0.15, 0.2) is 54.6 Å². The van der Waals surface area contributed by atoms with Crippen molar-refractivity contribution in [1.29, 1.82) is 0 Å². The first kappa shape index (κ1) is 23.0. The fourth-order valence-corrected chi connectivity index (χ4v) is 3.34. The number of esters is 1. The third-order valence-electron chi connectivity index (χ3n) is 5.12. The quantitative estimate of drug-likeness (QED) is 0.487. The summed E-state index contributed by atoms with van der Waals surface area (Å²) in [5.41, 5.74) is 1.24. The van der Waals surface area contributed by atoms with Crippen LogP contribution in [0.1, 0.15) is 43.9 Å². The third-order valence-corrected chi connectivity index (χ3v) is 5.12. The third kappa shape index (κ3) is 5.51. The molecule has 1 heterocycles. The fourth-order valence-electron chi connectivity index (χ4n) is 3.34. The summed E-state index contributed by atoms with van der Waals surface area (Å²) < 4.78 is 5.50. The number of carbonyl (C=O) groups is 4. The molecule has 2 aromatic carbocycles. The van der Waals surface area contributed by atoms with Gasteiger partial charge in [-0.3, -0.25) is 19.3 Å². The van der Waals surface area contributed by atoms with E-state index in [4.69, 9.17) is 4.74 Å². The number of nitrogens with one attached hydrogen (secondary N) is 2. The minimum Gasteiger partial charge on any atom is -0.447 e. The van der Waals surface area contributed by atoms with E-state index in [9.17, 15) is 19.2 Å². The van der Waals surface area contributed by atoms with Crippen LogP contribution >= 0.6 is 0 Å². The molecule has 1 atom stereocenters. The van der Waals surface area contributed by atoms with Crippen LogP contribution in [0.5, 0.6) is 0 Å². The molecular formula is C24H27N3O5. The SMILES string of the molecule is Cc1ccc(NC(=O)C(OC(=O)CCCN2C(=O)NC(C)(C)C2=O)c2ccccc2)cc1. The maximum absolute atomic E-state index is 12.9. The van der Waals surface area contributed by atoms with E-state index in [1.165, 1.54) is 0 Å². The van der Waals surface area contributed by atoms with Crippen LogP contribution in [0.2, 0.25) is 0 Å². The van der Waals surface area contributed by atoms with Crippen molar-refractivity contribution in [1.82, 2.24) is 10.2 Å². The van der Waals surface area contributed by atoms with Crippen LogP contribution in [0.25, 0.3) is 0 Å². The van der Waals surface area contributed by atoms with E-state index < -0.39 is 29.6 Å². The average molecular weight is 437 g/mol. The Morgan fingerprint density at radius 1 is 1.06 bits per heavy atom. The van der Waals surface area contributed by atoms with Gasteiger partial charge in [-0.25, -0.2) is 4.79 Å². The summed E-state index contributed by atoms with van der Waals surface area (Å²) in [6, 6.07) is 15.6. The number of hydrogen-bond acceptors (Lipinski definition) is 5. The van der Waals surface area contributed by atoms with Crippen LogP contribution in [0.3, 0.4) is 0 Å². The smallest absolute Gasteiger partial charge is 0.325 e. The molecule has 1 unspecified atom stereocenters. The summed E-state index contributed by atoms with van der Waals surface area (Å²) in [6.07, 6.45) is -0.936. The lowest BCUT2D eigenvalue weighted by molar-refractivity contribution is -0.155. The Morgan fingerprint density at radius 2 is 1.72 bits per heavy atom. The Balaban J connectivity index is 1.61. The average Bonchev–Trinajstić information content (AvgIpc) is 2.95. The molecule has 32 heavy (non-hydrogen) atoms. The summed E-state index contributed by atoms with van der Waals surface area (Å²) >= 11 is 0. The lowest BCUT2D eigenvalue weighted by Gasteiger charge is -2.19. The molecule has 1 saturated heterocycles. The summed E-state index contributed by atoms with van der Waals surface area (Å²) in [7, 11) is 0. The second kappa shape index (κ2) is 9.64. The lowest BCUT2D eigenvalue weighted by atomic mass is 10.1. The van der Waals surface area contributed by atoms with Crippen LogP contribution in [0.4, 0.5) is 10.5 Å². The molecule has 0 aromatic heterocycles. The van der Waals surface area contributed by atoms with Gasteiger partial charge in [0.25, 0.3) is 11.8 Å². The number of anilines is 1. The Hall–Kier alpha value is -3.68. The highest BCUT2D eigenvalue weighted by molar-refractivity contribution is 6.06. The topological polar surface area (TPSA) is 105 Å². The number of aryl methyl sites for hydroxylation is 1. The number of urea groups is 1. The Morgan fingerprint density at radius 3 is 2.31 bits per heavy atom. The van der Waals surface area contributed by atoms with E-state index in [0.717, 1.165) is 10.5 Å². The number of imide groups is 1. The van der Waals surface area contributed by atoms with Gasteiger partial charge in [0.15, 0.2) is 0 Å². The van der Waals surface area contributed by atoms with Crippen LogP contribution in [0, 0.1) is 6.92 Å². The van der Waals surface area contributed by atoms with Gasteiger partial charge in [-0.15, -0.1) is 0 Å². The van der Waals surface area contributed by atoms with Gasteiger partial charge >= 0.3 is 12.0 Å². The van der Waals surface area contributed by atoms with Gasteiger partial charge in [-0.2, -0.15) is 0 Å². The van der Waals surface area contributed by atoms with E-state index in [2.05, 4.69) is 10.6 Å². The molecule has 0 aliphatic carbocycles. The molecule has 0 radical (unpaired) electrons. The number of benzene rings is 2. The first-order valence-electron chi connectivity index (χ1n) is 10.4. The monoisotopic (exact) mass is 437 g/mol. The lowest BCUT2D eigenvalue weighted by Crippen LogP contribution is -2.40. The Bertz CT molecular complexity index is 1000. The van der Waals surface area contributed by atoms with Crippen molar-refractivity contribution in [2.75, 3.05) is 11.9 Å². The summed E-state index contributed by atoms with van der Waals surface area (Å²) in [5, 5.41) is 5.37. The first-order valence-corrected chi connectivity index (χ1v) is 10.4. The van der Waals surface area contributed by atoms with Crippen LogP contribution in [-0.2, 0) is 19.1 Å². The van der Waals surface area contributed by atoms with Gasteiger partial charge in [0, 0.05) is 24.2 Å². The molecule has 0 saturated carbocycles. The van der Waals surface area contributed by atoms with E-state index >= 15 is 0 Å². The summed E-state index contributed by atoms with van der Waals surface area (Å²) in [4.78, 5) is 50.6. The predicted octanol–water partition coefficient (Wildman–Crippen LogP) is 3.33. The number of ether oxygens (including phenoxy) is 1. The number of carbonyl (C=O) groups excluding carboxylic acids is 4. The number of nitrogens with zero attached hydrogens (tertiary/aromatic N) is 1. The van der Waals surface area contributed by atoms with Crippen molar-refractivity contribution in [3.8, 4) is 0 Å². The van der Waals surface area contributed by atoms with Gasteiger partial charge in [-0.1, -0.05) is 48.0 Å². The van der Waals surface area contributed by atoms with E-state index in [-0.39, 0.29) is 25.3 Å². The van der Waals surface area contributed by atoms with Crippen molar-refractivity contribution < 1.29 is 23.9 Å². The molecule has 0 spiro atoms. The maximum atomic E-state index is 12.9. The van der Waals surface area contributed by atoms with Crippen molar-refractivity contribution in [2.24, 2.45) is 0 Å². The molecular weight excluding hydrogens is 410 g/mol. The van der Waals surface area contributed by atoms with Crippen molar-refractivity contribution in [2.45, 2.75) is 45.3 Å². The van der Waals surface area contributed by atoms with Gasteiger partial charge in [-0.05, 0) is 39.3 Å². The molecule has 1 aliphatic heterocycles. The number of hydrogen-bond donors (Lipinski definition) is 2. The zero-order valence-corrected chi connectivity index (χ0v) is 18.4. The zero-order chi connectivity index (χ0) is 23.3. The zero-order valence-electron chi connectivity index (χ0n) is 18.4. The highest BCUT2D eigenvalue weighted by atomic mass is 16.5. The highest BCUT2D eigenvalue weighted by Gasteiger charge is 2.43. The molecule has 1 fully saturated rings. The van der Waals surface area contributed by atoms with E-state index in [1.54, 1.807) is 56.3 Å². The van der Waals surface area contributed by atoms with Crippen molar-refractivity contribution in [3.05, 3.63) is 65.7 Å². The summed E-state index contributed by atoms with van der Waals surface area (Å²) in [5.74, 6) is -1.40. The predicted molar refractivity (Wildman–Crippen MR) is 119 cm³/mol. The second-order valence-electron chi connectivity index (χ2n) is 8.25. The van der Waals surface area contributed by atoms with Crippen LogP contribution < -0.4 is 10.6 Å². The second-order valence-corrected chi connectivity index (χ2v) is 8.25. The fraction of sp³-hybridized carbons (Fsp3) is 0.333. The maximum Gasteiger partial charge on any atom is 0.325 e. The van der Waals surface area contributed by atoms with Gasteiger partial charge < -0.3 is 15.4 Å². The van der Waals surface area contributed by atoms with E-state index in [0.29, 0.717) is 11.3 Å². The normalized spacial score (nSPS) is 15.8. The molecule has 2 N–H and O–H groups in total. The minimum atomic E-state index is -1.12. The number of rotatable bonds is 8. The molecule has 8 heteroatoms. The molecule has 0 bridgehead atoms. The standard InChI is InChI=1S/C24H27N3O5/c1-16-11-13-18(14-12-16)25-21(29)20(17-8-5-4-6-9-17)32-19(28)10-7-15-27-22(30)24(2,3)26-23(27)31/h4-6,8-9,11-14,20H,7,10,15H2,1-3H3,(H,25,29)(H,26,31). The van der Waals surface area contributed by atoms with Crippen molar-refractivity contribution >= 4 is 29.5 Å². The first-order chi connectivity index (χ1) is 15.2. The molecule has 3 rings (SSSR count). The van der Waals surface area contributed by atoms with Crippen LogP contribution in [-0.4, -0.2) is 40.8 Å². The molecule has 8 nitrogen and oxygen atoms in total. The minimum absolute atomic E-state index is 0.0430. The molecule has 1 aliphatic rings. The highest BCUT2D eigenvalue weighted by Crippen LogP contribution is 2.22. The number of amides is 4. The van der Waals surface area contributed by atoms with Gasteiger partial charge in [0.05, 0.1) is 0 Å². The molecule has 2 aromatic rings. The Labute approximate surface area is 186 Å². The Kier molecular flexibility index (Phi) is 6.92. The van der Waals surface area contributed by atoms with E-state index in [1.807, 2.05) is 19.1 Å². The van der Waals surface area contributed by atoms with Gasteiger partial charge in [0.2, 0.25) is 6.10 Å². The molecule has 4 amide bonds. The largest absolute Gasteiger partial charge is 0.447 e. The summed E-state index contributed by atoms with van der Waals surface area (Å²) in [6.45, 7) is 5.28. The molecule has 168 valence electrons.